The van der Waals surface area contributed by atoms with E-state index in [2.05, 4.69) is 2.59 Å². The third-order valence-electron chi connectivity index (χ3n) is 0.213. The van der Waals surface area contributed by atoms with Gasteiger partial charge in [-0.25, -0.2) is 0 Å². The Balaban J connectivity index is 4.07. The van der Waals surface area contributed by atoms with E-state index in [4.69, 9.17) is 16.1 Å². The fourth-order valence-electron chi connectivity index (χ4n) is 0.139. The average Bonchev–Trinajstić information content (AvgIpc) is 1.14. The van der Waals surface area contributed by atoms with Gasteiger partial charge in [-0.15, -0.1) is 0 Å². The summed E-state index contributed by atoms with van der Waals surface area (Å²) in [4.78, 5) is 0. The molecular formula is H4O7V2. The number of hydrogen-bond donors (Lipinski definition) is 4. The molecule has 0 aromatic heterocycles. The summed E-state index contributed by atoms with van der Waals surface area (Å²) in [6.07, 6.45) is 0. The van der Waals surface area contributed by atoms with Crippen molar-refractivity contribution >= 4 is 0 Å². The Morgan fingerprint density at radius 3 is 1.11 bits per heavy atom. The molecule has 0 spiro atoms. The summed E-state index contributed by atoms with van der Waals surface area (Å²) in [7, 11) is 0. The molecule has 0 aliphatic heterocycles. The monoisotopic (exact) mass is 218 g/mol. The minimum atomic E-state index is -5.58. The molecule has 9 heteroatoms. The zero-order chi connectivity index (χ0) is 7.71. The summed E-state index contributed by atoms with van der Waals surface area (Å²) in [5.74, 6) is 0. The van der Waals surface area contributed by atoms with E-state index in [9.17, 15) is 7.35 Å². The Bertz CT molecular complexity index is 147. The van der Waals surface area contributed by atoms with Crippen molar-refractivity contribution in [1.82, 2.24) is 0 Å². The van der Waals surface area contributed by atoms with Crippen molar-refractivity contribution in [2.75, 3.05) is 0 Å². The Hall–Kier alpha value is 0.569. The first-order chi connectivity index (χ1) is 3.71. The molecule has 7 nitrogen and oxygen atoms in total. The van der Waals surface area contributed by atoms with E-state index in [1.54, 1.807) is 0 Å². The van der Waals surface area contributed by atoms with Crippen LogP contribution >= 0.6 is 0 Å². The first-order valence-electron chi connectivity index (χ1n) is 1.53. The molecule has 56 valence electrons. The molecule has 4 N–H and O–H groups in total. The Labute approximate surface area is 56.4 Å². The van der Waals surface area contributed by atoms with Crippen LogP contribution in [0, 0.1) is 0 Å². The normalized spacial score (nSPS) is 13.8. The first kappa shape index (κ1) is 9.57. The Morgan fingerprint density at radius 1 is 0.889 bits per heavy atom. The van der Waals surface area contributed by atoms with Gasteiger partial charge in [0.15, 0.2) is 0 Å². The molecular weight excluding hydrogens is 214 g/mol. The molecule has 0 bridgehead atoms. The average molecular weight is 218 g/mol. The van der Waals surface area contributed by atoms with Crippen LogP contribution in [0.15, 0.2) is 0 Å². The van der Waals surface area contributed by atoms with Gasteiger partial charge in [0.1, 0.15) is 0 Å². The van der Waals surface area contributed by atoms with Crippen molar-refractivity contribution in [2.24, 2.45) is 0 Å². The van der Waals surface area contributed by atoms with Gasteiger partial charge >= 0.3 is 56.1 Å². The van der Waals surface area contributed by atoms with Crippen LogP contribution in [0.2, 0.25) is 0 Å². The number of hydrogen-bond acceptors (Lipinski definition) is 3. The molecule has 0 aliphatic carbocycles. The summed E-state index contributed by atoms with van der Waals surface area (Å²) in [6.45, 7) is 0. The molecule has 0 saturated carbocycles. The summed E-state index contributed by atoms with van der Waals surface area (Å²) in [5.41, 5.74) is 0. The van der Waals surface area contributed by atoms with Gasteiger partial charge < -0.3 is 0 Å². The maximum atomic E-state index is 9.70. The van der Waals surface area contributed by atoms with Gasteiger partial charge in [-0.2, -0.15) is 0 Å². The zero-order valence-electron chi connectivity index (χ0n) is 3.91. The second-order valence-corrected chi connectivity index (χ2v) is 5.43. The third-order valence-corrected chi connectivity index (χ3v) is 3.62. The standard InChI is InChI=1S/4H2O.3O.2V/h4*1H2;;;;;/q;;;;;;;2*+2/p-4. The van der Waals surface area contributed by atoms with E-state index in [1.165, 1.54) is 0 Å². The molecule has 0 amide bonds. The third kappa shape index (κ3) is 8.57. The Morgan fingerprint density at radius 2 is 1.11 bits per heavy atom. The van der Waals surface area contributed by atoms with E-state index in [-0.39, 0.29) is 0 Å². The van der Waals surface area contributed by atoms with Crippen LogP contribution in [-0.2, 0) is 40.0 Å². The summed E-state index contributed by atoms with van der Waals surface area (Å²) < 4.78 is 53.8. The van der Waals surface area contributed by atoms with Crippen molar-refractivity contribution in [3.05, 3.63) is 0 Å². The summed E-state index contributed by atoms with van der Waals surface area (Å²) in [6, 6.07) is 0. The van der Waals surface area contributed by atoms with E-state index in [1.807, 2.05) is 0 Å². The summed E-state index contributed by atoms with van der Waals surface area (Å²) >= 11 is -11.2. The molecule has 9 heavy (non-hydrogen) atoms. The van der Waals surface area contributed by atoms with E-state index in [0.717, 1.165) is 0 Å². The van der Waals surface area contributed by atoms with Gasteiger partial charge in [0, 0.05) is 0 Å². The van der Waals surface area contributed by atoms with Crippen molar-refractivity contribution in [1.29, 1.82) is 0 Å². The predicted molar refractivity (Wildman–Crippen MR) is 11.3 cm³/mol. The van der Waals surface area contributed by atoms with Crippen LogP contribution in [0.3, 0.4) is 0 Å². The van der Waals surface area contributed by atoms with Crippen molar-refractivity contribution in [3.63, 3.8) is 0 Å². The quantitative estimate of drug-likeness (QED) is 0.402. The van der Waals surface area contributed by atoms with Crippen LogP contribution in [0.4, 0.5) is 0 Å². The van der Waals surface area contributed by atoms with E-state index in [0.29, 0.717) is 0 Å². The second-order valence-electron chi connectivity index (χ2n) is 1.06. The van der Waals surface area contributed by atoms with E-state index < -0.39 is 30.0 Å². The van der Waals surface area contributed by atoms with Crippen molar-refractivity contribution < 1.29 is 56.1 Å². The van der Waals surface area contributed by atoms with Crippen LogP contribution in [0.5, 0.6) is 0 Å². The van der Waals surface area contributed by atoms with Gasteiger partial charge in [-0.1, -0.05) is 0 Å². The molecule has 0 fully saturated rings. The van der Waals surface area contributed by atoms with Gasteiger partial charge in [0.05, 0.1) is 0 Å². The molecule has 0 heterocycles. The SMILES string of the molecule is [O]=[V]([OH])([OH])[O][V](=[O])([OH])[OH]. The van der Waals surface area contributed by atoms with Crippen molar-refractivity contribution in [3.8, 4) is 0 Å². The topological polar surface area (TPSA) is 124 Å². The molecule has 0 aromatic carbocycles. The van der Waals surface area contributed by atoms with Gasteiger partial charge in [-0.05, 0) is 0 Å². The zero-order valence-corrected chi connectivity index (χ0v) is 6.70. The molecule has 0 aliphatic rings. The molecule has 0 atom stereocenters. The van der Waals surface area contributed by atoms with Crippen LogP contribution in [0.1, 0.15) is 0 Å². The van der Waals surface area contributed by atoms with Crippen LogP contribution < -0.4 is 0 Å². The van der Waals surface area contributed by atoms with Crippen molar-refractivity contribution in [2.45, 2.75) is 0 Å². The molecule has 0 saturated heterocycles. The van der Waals surface area contributed by atoms with Crippen LogP contribution in [0.25, 0.3) is 0 Å². The van der Waals surface area contributed by atoms with Gasteiger partial charge in [0.25, 0.3) is 0 Å². The minimum absolute atomic E-state index is 3.08. The Kier molecular flexibility index (Phi) is 2.83. The van der Waals surface area contributed by atoms with Gasteiger partial charge in [0.2, 0.25) is 0 Å². The van der Waals surface area contributed by atoms with Gasteiger partial charge in [-0.3, -0.25) is 0 Å². The van der Waals surface area contributed by atoms with E-state index >= 15 is 0 Å². The molecule has 0 aromatic rings. The number of rotatable bonds is 2. The molecule has 0 rings (SSSR count). The molecule has 0 unspecified atom stereocenters. The fourth-order valence-corrected chi connectivity index (χ4v) is 2.36. The second kappa shape index (κ2) is 2.67. The molecule has 0 radical (unpaired) electrons. The first-order valence-corrected chi connectivity index (χ1v) is 6.31. The predicted octanol–water partition coefficient (Wildman–Crippen LogP) is -2.54. The fraction of sp³-hybridized carbons (Fsp3) is 0. The van der Waals surface area contributed by atoms with Crippen LogP contribution in [-0.4, -0.2) is 16.1 Å². The summed E-state index contributed by atoms with van der Waals surface area (Å²) in [5, 5.41) is 0. The maximum absolute atomic E-state index is 9.70.